The summed E-state index contributed by atoms with van der Waals surface area (Å²) < 4.78 is 45.8. The largest absolute Gasteiger partial charge is 0.442 e. The molecule has 3 N–H and O–H groups in total. The highest BCUT2D eigenvalue weighted by Crippen LogP contribution is 2.52. The van der Waals surface area contributed by atoms with Crippen LogP contribution in [-0.4, -0.2) is 44.8 Å². The van der Waals surface area contributed by atoms with Crippen LogP contribution in [0.4, 0.5) is 13.2 Å². The molecule has 0 spiro atoms. The third kappa shape index (κ3) is 3.18. The lowest BCUT2D eigenvalue weighted by atomic mass is 9.99. The van der Waals surface area contributed by atoms with E-state index in [4.69, 9.17) is 4.74 Å². The number of aromatic nitrogens is 2. The number of halogens is 3. The fourth-order valence-electron chi connectivity index (χ4n) is 3.28. The van der Waals surface area contributed by atoms with Gasteiger partial charge in [-0.2, -0.15) is 13.2 Å². The van der Waals surface area contributed by atoms with E-state index >= 15 is 0 Å². The maximum Gasteiger partial charge on any atom is 0.442 e. The number of H-pyrrole nitrogens is 1. The van der Waals surface area contributed by atoms with Crippen LogP contribution in [0.25, 0.3) is 11.1 Å². The number of hydrogen-bond acceptors (Lipinski definition) is 7. The maximum absolute atomic E-state index is 13.1. The van der Waals surface area contributed by atoms with Gasteiger partial charge in [-0.1, -0.05) is 24.3 Å². The van der Waals surface area contributed by atoms with E-state index in [2.05, 4.69) is 15.2 Å². The number of hydrogen-bond donors (Lipinski definition) is 3. The molecule has 0 bridgehead atoms. The first-order valence-corrected chi connectivity index (χ1v) is 8.58. The van der Waals surface area contributed by atoms with E-state index in [1.807, 2.05) is 0 Å². The molecule has 2 aliphatic rings. The summed E-state index contributed by atoms with van der Waals surface area (Å²) in [6.45, 7) is -0.443. The van der Waals surface area contributed by atoms with Gasteiger partial charge in [0.1, 0.15) is 12.3 Å². The van der Waals surface area contributed by atoms with Crippen molar-refractivity contribution in [3.05, 3.63) is 56.9 Å². The van der Waals surface area contributed by atoms with Gasteiger partial charge in [-0.25, -0.2) is 4.79 Å². The molecule has 12 heteroatoms. The number of ether oxygens (including phenoxy) is 1. The monoisotopic (exact) mass is 412 g/mol. The Morgan fingerprint density at radius 3 is 2.41 bits per heavy atom. The van der Waals surface area contributed by atoms with E-state index in [1.165, 1.54) is 18.3 Å². The number of alkyl halides is 3. The van der Waals surface area contributed by atoms with Crippen LogP contribution in [0.5, 0.6) is 0 Å². The molecule has 1 aromatic heterocycles. The van der Waals surface area contributed by atoms with Crippen LogP contribution in [0, 0.1) is 0 Å². The molecule has 154 valence electrons. The number of benzene rings is 1. The Balaban J connectivity index is 1.68. The van der Waals surface area contributed by atoms with E-state index in [0.29, 0.717) is 0 Å². The van der Waals surface area contributed by atoms with Crippen molar-refractivity contribution in [2.24, 2.45) is 10.2 Å². The first-order chi connectivity index (χ1) is 13.7. The summed E-state index contributed by atoms with van der Waals surface area (Å²) in [4.78, 5) is 26.5. The summed E-state index contributed by atoms with van der Waals surface area (Å²) in [7, 11) is 0. The molecule has 1 aromatic carbocycles. The summed E-state index contributed by atoms with van der Waals surface area (Å²) in [6, 6.07) is 4.92. The number of nitrogens with one attached hydrogen (secondary N) is 1. The molecule has 4 rings (SSSR count). The van der Waals surface area contributed by atoms with Crippen LogP contribution in [0.1, 0.15) is 18.2 Å². The van der Waals surface area contributed by atoms with Crippen molar-refractivity contribution >= 4 is 0 Å². The van der Waals surface area contributed by atoms with Crippen molar-refractivity contribution in [1.29, 1.82) is 0 Å². The van der Waals surface area contributed by atoms with Gasteiger partial charge >= 0.3 is 17.5 Å². The second-order valence-corrected chi connectivity index (χ2v) is 6.77. The molecule has 3 heterocycles. The van der Waals surface area contributed by atoms with Crippen LogP contribution in [0.3, 0.4) is 0 Å². The Morgan fingerprint density at radius 1 is 1.24 bits per heavy atom. The molecule has 0 unspecified atom stereocenters. The van der Waals surface area contributed by atoms with Gasteiger partial charge in [-0.3, -0.25) is 14.3 Å². The van der Waals surface area contributed by atoms with Crippen LogP contribution in [0.2, 0.25) is 0 Å². The maximum atomic E-state index is 13.1. The molecule has 29 heavy (non-hydrogen) atoms. The van der Waals surface area contributed by atoms with Crippen molar-refractivity contribution in [2.75, 3.05) is 6.61 Å². The molecule has 3 atom stereocenters. The van der Waals surface area contributed by atoms with E-state index in [1.54, 1.807) is 0 Å². The Hall–Kier alpha value is -2.83. The van der Waals surface area contributed by atoms with Gasteiger partial charge < -0.3 is 14.9 Å². The van der Waals surface area contributed by atoms with Gasteiger partial charge in [0, 0.05) is 18.2 Å². The molecule has 1 fully saturated rings. The fraction of sp³-hybridized carbons (Fsp3) is 0.412. The smallest absolute Gasteiger partial charge is 0.394 e. The molecular weight excluding hydrogens is 397 g/mol. The van der Waals surface area contributed by atoms with Gasteiger partial charge in [-0.05, 0) is 5.56 Å². The third-order valence-corrected chi connectivity index (χ3v) is 4.96. The second-order valence-electron chi connectivity index (χ2n) is 6.77. The number of rotatable bonds is 4. The summed E-state index contributed by atoms with van der Waals surface area (Å²) in [5, 5.41) is 25.3. The SMILES string of the molecule is O=c1[nH]c(=O)n([C@H]2C[C@H](O)[C@@H](CO)O2)cc1-c1ccc(C2(C(F)(F)F)N=N2)cc1. The molecule has 0 amide bonds. The quantitative estimate of drug-likeness (QED) is 0.691. The highest BCUT2D eigenvalue weighted by Gasteiger charge is 2.65. The summed E-state index contributed by atoms with van der Waals surface area (Å²) in [5.74, 6) is 0. The number of nitrogens with zero attached hydrogens (tertiary/aromatic N) is 3. The standard InChI is InChI=1S/C17H15F3N4O5/c18-17(19,20)16(22-23-16)9-3-1-8(2-4-9)10-6-24(15(28)21-14(10)27)13-5-11(26)12(7-25)29-13/h1-4,6,11-13,25-26H,5,7H2,(H,21,27,28)/t11-,12+,13+/m0/s1. The zero-order valence-electron chi connectivity index (χ0n) is 14.6. The van der Waals surface area contributed by atoms with Crippen LogP contribution >= 0.6 is 0 Å². The van der Waals surface area contributed by atoms with Crippen LogP contribution < -0.4 is 11.2 Å². The van der Waals surface area contributed by atoms with Crippen molar-refractivity contribution in [3.63, 3.8) is 0 Å². The zero-order valence-corrected chi connectivity index (χ0v) is 14.6. The minimum atomic E-state index is -4.66. The van der Waals surface area contributed by atoms with Crippen molar-refractivity contribution in [3.8, 4) is 11.1 Å². The normalized spacial score (nSPS) is 25.3. The number of aliphatic hydroxyl groups excluding tert-OH is 2. The molecule has 0 saturated carbocycles. The Kier molecular flexibility index (Phi) is 4.44. The van der Waals surface area contributed by atoms with Crippen molar-refractivity contribution < 1.29 is 28.1 Å². The summed E-state index contributed by atoms with van der Waals surface area (Å²) >= 11 is 0. The molecule has 9 nitrogen and oxygen atoms in total. The minimum Gasteiger partial charge on any atom is -0.394 e. The van der Waals surface area contributed by atoms with Gasteiger partial charge in [-0.15, -0.1) is 10.2 Å². The van der Waals surface area contributed by atoms with E-state index in [-0.39, 0.29) is 23.1 Å². The highest BCUT2D eigenvalue weighted by molar-refractivity contribution is 5.62. The van der Waals surface area contributed by atoms with Crippen molar-refractivity contribution in [2.45, 2.75) is 36.7 Å². The van der Waals surface area contributed by atoms with Crippen LogP contribution in [-0.2, 0) is 10.4 Å². The lowest BCUT2D eigenvalue weighted by Crippen LogP contribution is -2.33. The first-order valence-electron chi connectivity index (χ1n) is 8.58. The Morgan fingerprint density at radius 2 is 1.90 bits per heavy atom. The molecule has 0 radical (unpaired) electrons. The zero-order chi connectivity index (χ0) is 21.0. The summed E-state index contributed by atoms with van der Waals surface area (Å²) in [6.07, 6.45) is -6.21. The second kappa shape index (κ2) is 6.61. The molecule has 0 aliphatic carbocycles. The first kappa shape index (κ1) is 19.5. The minimum absolute atomic E-state index is 0.0205. The molecule has 2 aromatic rings. The van der Waals surface area contributed by atoms with Gasteiger partial charge in [0.25, 0.3) is 5.56 Å². The van der Waals surface area contributed by atoms with Crippen molar-refractivity contribution in [1.82, 2.24) is 9.55 Å². The lowest BCUT2D eigenvalue weighted by Gasteiger charge is -2.16. The van der Waals surface area contributed by atoms with E-state index in [9.17, 15) is 33.0 Å². The Bertz CT molecular complexity index is 1070. The van der Waals surface area contributed by atoms with Gasteiger partial charge in [0.2, 0.25) is 0 Å². The predicted octanol–water partition coefficient (Wildman–Crippen LogP) is 1.03. The number of aromatic amines is 1. The van der Waals surface area contributed by atoms with Crippen LogP contribution in [0.15, 0.2) is 50.3 Å². The predicted molar refractivity (Wildman–Crippen MR) is 91.0 cm³/mol. The van der Waals surface area contributed by atoms with E-state index in [0.717, 1.165) is 16.7 Å². The topological polar surface area (TPSA) is 129 Å². The third-order valence-electron chi connectivity index (χ3n) is 4.96. The van der Waals surface area contributed by atoms with Gasteiger partial charge in [0.05, 0.1) is 18.3 Å². The molecular formula is C17H15F3N4O5. The molecule has 1 saturated heterocycles. The summed E-state index contributed by atoms with van der Waals surface area (Å²) in [5.41, 5.74) is -3.98. The van der Waals surface area contributed by atoms with E-state index < -0.39 is 48.1 Å². The Labute approximate surface area is 160 Å². The average molecular weight is 412 g/mol. The number of aliphatic hydroxyl groups is 2. The van der Waals surface area contributed by atoms with Gasteiger partial charge in [0.15, 0.2) is 0 Å². The fourth-order valence-corrected chi connectivity index (χ4v) is 3.28. The average Bonchev–Trinajstić information content (AvgIpc) is 3.40. The lowest BCUT2D eigenvalue weighted by molar-refractivity contribution is -0.166. The highest BCUT2D eigenvalue weighted by atomic mass is 19.4. The molecule has 2 aliphatic heterocycles.